The predicted octanol–water partition coefficient (Wildman–Crippen LogP) is 0.341. The van der Waals surface area contributed by atoms with Crippen molar-refractivity contribution in [2.75, 3.05) is 0 Å². The van der Waals surface area contributed by atoms with Crippen LogP contribution in [0.3, 0.4) is 0 Å². The maximum Gasteiger partial charge on any atom is 0.342 e. The minimum atomic E-state index is -1.73. The second kappa shape index (κ2) is 3.08. The number of aromatic nitrogens is 2. The van der Waals surface area contributed by atoms with Gasteiger partial charge in [0, 0.05) is 12.3 Å². The number of oxazole rings is 1. The number of aliphatic hydroxyl groups excluding tert-OH is 1. The fraction of sp³-hybridized carbons (Fsp3) is 0.125. The molecule has 1 atom stereocenters. The van der Waals surface area contributed by atoms with Crippen molar-refractivity contribution in [3.05, 3.63) is 24.4 Å². The molecule has 0 radical (unpaired) electrons. The number of nitrogens with zero attached hydrogens (tertiary/aromatic N) is 2. The molecule has 6 nitrogen and oxygen atoms in total. The molecule has 14 heavy (non-hydrogen) atoms. The van der Waals surface area contributed by atoms with E-state index in [2.05, 4.69) is 9.97 Å². The first-order chi connectivity index (χ1) is 6.68. The number of aliphatic hydroxyl groups is 1. The van der Waals surface area contributed by atoms with Crippen LogP contribution in [0, 0.1) is 0 Å². The van der Waals surface area contributed by atoms with E-state index in [1.807, 2.05) is 0 Å². The zero-order valence-electron chi connectivity index (χ0n) is 6.91. The normalized spacial score (nSPS) is 12.9. The Balaban J connectivity index is 2.50. The highest BCUT2D eigenvalue weighted by molar-refractivity contribution is 5.75. The van der Waals surface area contributed by atoms with Crippen LogP contribution >= 0.6 is 0 Å². The number of hydrogen-bond acceptors (Lipinski definition) is 5. The highest BCUT2D eigenvalue weighted by atomic mass is 16.4. The van der Waals surface area contributed by atoms with Crippen LogP contribution in [-0.2, 0) is 4.79 Å². The molecule has 2 N–H and O–H groups in total. The summed E-state index contributed by atoms with van der Waals surface area (Å²) in [5, 5.41) is 17.6. The van der Waals surface area contributed by atoms with Crippen LogP contribution in [0.5, 0.6) is 0 Å². The molecule has 0 saturated carbocycles. The maximum absolute atomic E-state index is 10.4. The van der Waals surface area contributed by atoms with Gasteiger partial charge in [-0.25, -0.2) is 9.78 Å². The topological polar surface area (TPSA) is 96.5 Å². The lowest BCUT2D eigenvalue weighted by Gasteiger charge is -1.96. The molecule has 2 aromatic heterocycles. The van der Waals surface area contributed by atoms with E-state index in [-0.39, 0.29) is 5.89 Å². The summed E-state index contributed by atoms with van der Waals surface area (Å²) in [6.07, 6.45) is 1.18. The van der Waals surface area contributed by atoms with Gasteiger partial charge in [-0.1, -0.05) is 0 Å². The quantitative estimate of drug-likeness (QED) is 0.715. The van der Waals surface area contributed by atoms with Crippen molar-refractivity contribution in [2.24, 2.45) is 0 Å². The first kappa shape index (κ1) is 8.64. The Labute approximate surface area is 77.8 Å². The fourth-order valence-corrected chi connectivity index (χ4v) is 1.02. The van der Waals surface area contributed by atoms with Crippen molar-refractivity contribution < 1.29 is 19.4 Å². The van der Waals surface area contributed by atoms with Crippen LogP contribution in [0.4, 0.5) is 0 Å². The molecule has 0 aliphatic rings. The monoisotopic (exact) mass is 194 g/mol. The van der Waals surface area contributed by atoms with E-state index in [0.717, 1.165) is 0 Å². The van der Waals surface area contributed by atoms with Gasteiger partial charge in [-0.3, -0.25) is 4.98 Å². The van der Waals surface area contributed by atoms with Crippen LogP contribution < -0.4 is 0 Å². The Morgan fingerprint density at radius 2 is 2.36 bits per heavy atom. The summed E-state index contributed by atoms with van der Waals surface area (Å²) in [5.41, 5.74) is 0.818. The molecule has 0 bridgehead atoms. The van der Waals surface area contributed by atoms with Crippen molar-refractivity contribution in [2.45, 2.75) is 6.10 Å². The molecule has 2 rings (SSSR count). The second-order valence-electron chi connectivity index (χ2n) is 2.64. The van der Waals surface area contributed by atoms with Crippen molar-refractivity contribution in [3.8, 4) is 0 Å². The number of pyridine rings is 1. The molecule has 0 spiro atoms. The van der Waals surface area contributed by atoms with Crippen LogP contribution in [-0.4, -0.2) is 26.2 Å². The zero-order valence-corrected chi connectivity index (χ0v) is 6.91. The van der Waals surface area contributed by atoms with E-state index in [1.165, 1.54) is 12.4 Å². The molecule has 2 heterocycles. The first-order valence-electron chi connectivity index (χ1n) is 3.80. The largest absolute Gasteiger partial charge is 0.479 e. The average molecular weight is 194 g/mol. The standard InChI is InChI=1S/C8H6N2O4/c11-6(8(12)13)7-10-4-3-9-2-1-5(4)14-7/h1-3,6,11H,(H,12,13). The van der Waals surface area contributed by atoms with Gasteiger partial charge >= 0.3 is 5.97 Å². The lowest BCUT2D eigenvalue weighted by atomic mass is 10.4. The molecular weight excluding hydrogens is 188 g/mol. The number of rotatable bonds is 2. The molecule has 72 valence electrons. The van der Waals surface area contributed by atoms with Gasteiger partial charge in [0.1, 0.15) is 5.52 Å². The molecule has 0 aromatic carbocycles. The van der Waals surface area contributed by atoms with E-state index in [4.69, 9.17) is 14.6 Å². The number of aliphatic carboxylic acids is 1. The van der Waals surface area contributed by atoms with Gasteiger partial charge in [0.2, 0.25) is 12.0 Å². The second-order valence-corrected chi connectivity index (χ2v) is 2.64. The number of hydrogen-bond donors (Lipinski definition) is 2. The van der Waals surface area contributed by atoms with Crippen molar-refractivity contribution in [1.29, 1.82) is 0 Å². The number of fused-ring (bicyclic) bond motifs is 1. The Bertz CT molecular complexity index is 446. The van der Waals surface area contributed by atoms with Gasteiger partial charge in [0.05, 0.1) is 6.20 Å². The predicted molar refractivity (Wildman–Crippen MR) is 44.4 cm³/mol. The Morgan fingerprint density at radius 1 is 1.57 bits per heavy atom. The SMILES string of the molecule is O=C(O)C(O)c1nc2cnccc2o1. The highest BCUT2D eigenvalue weighted by Gasteiger charge is 2.22. The molecule has 2 aromatic rings. The third kappa shape index (κ3) is 1.31. The molecule has 1 unspecified atom stereocenters. The van der Waals surface area contributed by atoms with Crippen LogP contribution in [0.1, 0.15) is 12.0 Å². The Hall–Kier alpha value is -1.95. The van der Waals surface area contributed by atoms with Crippen molar-refractivity contribution >= 4 is 17.1 Å². The molecular formula is C8H6N2O4. The van der Waals surface area contributed by atoms with Crippen molar-refractivity contribution in [1.82, 2.24) is 9.97 Å². The molecule has 0 amide bonds. The lowest BCUT2D eigenvalue weighted by Crippen LogP contribution is -2.10. The molecule has 0 aliphatic heterocycles. The smallest absolute Gasteiger partial charge is 0.342 e. The van der Waals surface area contributed by atoms with Gasteiger partial charge in [-0.05, 0) is 0 Å². The van der Waals surface area contributed by atoms with Gasteiger partial charge in [-0.15, -0.1) is 0 Å². The summed E-state index contributed by atoms with van der Waals surface area (Å²) < 4.78 is 5.01. The van der Waals surface area contributed by atoms with Gasteiger partial charge in [-0.2, -0.15) is 0 Å². The summed E-state index contributed by atoms with van der Waals surface area (Å²) in [5.74, 6) is -1.63. The van der Waals surface area contributed by atoms with Crippen LogP contribution in [0.15, 0.2) is 22.9 Å². The van der Waals surface area contributed by atoms with Crippen LogP contribution in [0.25, 0.3) is 11.1 Å². The zero-order chi connectivity index (χ0) is 10.1. The van der Waals surface area contributed by atoms with E-state index in [0.29, 0.717) is 11.1 Å². The van der Waals surface area contributed by atoms with Crippen LogP contribution in [0.2, 0.25) is 0 Å². The van der Waals surface area contributed by atoms with E-state index in [9.17, 15) is 4.79 Å². The van der Waals surface area contributed by atoms with E-state index in [1.54, 1.807) is 6.07 Å². The molecule has 0 fully saturated rings. The Morgan fingerprint density at radius 3 is 3.00 bits per heavy atom. The lowest BCUT2D eigenvalue weighted by molar-refractivity contribution is -0.148. The number of carbonyl (C=O) groups is 1. The first-order valence-corrected chi connectivity index (χ1v) is 3.80. The third-order valence-electron chi connectivity index (χ3n) is 1.67. The summed E-state index contributed by atoms with van der Waals surface area (Å²) in [4.78, 5) is 18.0. The average Bonchev–Trinajstić information content (AvgIpc) is 2.59. The molecule has 0 saturated heterocycles. The van der Waals surface area contributed by atoms with E-state index >= 15 is 0 Å². The maximum atomic E-state index is 10.4. The van der Waals surface area contributed by atoms with Gasteiger partial charge < -0.3 is 14.6 Å². The van der Waals surface area contributed by atoms with E-state index < -0.39 is 12.1 Å². The van der Waals surface area contributed by atoms with Gasteiger partial charge in [0.15, 0.2) is 5.58 Å². The summed E-state index contributed by atoms with van der Waals surface area (Å²) in [6, 6.07) is 1.54. The third-order valence-corrected chi connectivity index (χ3v) is 1.67. The summed E-state index contributed by atoms with van der Waals surface area (Å²) >= 11 is 0. The number of carboxylic acid groups (broad SMARTS) is 1. The number of carboxylic acids is 1. The van der Waals surface area contributed by atoms with Crippen molar-refractivity contribution in [3.63, 3.8) is 0 Å². The van der Waals surface area contributed by atoms with Gasteiger partial charge in [0.25, 0.3) is 0 Å². The molecule has 6 heteroatoms. The summed E-state index contributed by atoms with van der Waals surface area (Å²) in [7, 11) is 0. The fourth-order valence-electron chi connectivity index (χ4n) is 1.02. The Kier molecular flexibility index (Phi) is 1.90. The highest BCUT2D eigenvalue weighted by Crippen LogP contribution is 2.18. The minimum absolute atomic E-state index is 0.236. The summed E-state index contributed by atoms with van der Waals surface area (Å²) in [6.45, 7) is 0. The molecule has 0 aliphatic carbocycles. The minimum Gasteiger partial charge on any atom is -0.479 e.